The maximum Gasteiger partial charge on any atom is 0.153 e. The first-order valence-corrected chi connectivity index (χ1v) is 10.4. The van der Waals surface area contributed by atoms with Crippen LogP contribution in [0.3, 0.4) is 0 Å². The third-order valence-corrected chi connectivity index (χ3v) is 7.37. The third kappa shape index (κ3) is 2.75. The van der Waals surface area contributed by atoms with Gasteiger partial charge in [-0.15, -0.1) is 0 Å². The van der Waals surface area contributed by atoms with Crippen molar-refractivity contribution in [2.75, 3.05) is 31.6 Å². The van der Waals surface area contributed by atoms with Gasteiger partial charge in [0.2, 0.25) is 0 Å². The first-order valence-electron chi connectivity index (χ1n) is 8.56. The van der Waals surface area contributed by atoms with Crippen molar-refractivity contribution in [2.45, 2.75) is 25.6 Å². The lowest BCUT2D eigenvalue weighted by Crippen LogP contribution is -2.57. The van der Waals surface area contributed by atoms with E-state index in [1.165, 1.54) is 21.9 Å². The van der Waals surface area contributed by atoms with E-state index in [0.717, 1.165) is 19.6 Å². The van der Waals surface area contributed by atoms with Gasteiger partial charge in [-0.25, -0.2) is 8.42 Å². The van der Waals surface area contributed by atoms with Gasteiger partial charge in [-0.05, 0) is 35.9 Å². The molecule has 0 N–H and O–H groups in total. The van der Waals surface area contributed by atoms with E-state index in [1.54, 1.807) is 0 Å². The Balaban J connectivity index is 1.67. The molecule has 4 nitrogen and oxygen atoms in total. The van der Waals surface area contributed by atoms with Gasteiger partial charge in [0.05, 0.1) is 11.5 Å². The van der Waals surface area contributed by atoms with Gasteiger partial charge in [0.1, 0.15) is 0 Å². The molecule has 0 spiro atoms. The van der Waals surface area contributed by atoms with Gasteiger partial charge in [-0.1, -0.05) is 36.4 Å². The summed E-state index contributed by atoms with van der Waals surface area (Å²) in [6.07, 6.45) is 0. The minimum Gasteiger partial charge on any atom is -0.300 e. The van der Waals surface area contributed by atoms with Gasteiger partial charge >= 0.3 is 0 Å². The van der Waals surface area contributed by atoms with Crippen LogP contribution in [0.25, 0.3) is 10.8 Å². The molecular formula is C19H24N2O2S. The topological polar surface area (TPSA) is 40.6 Å². The van der Waals surface area contributed by atoms with Crippen molar-refractivity contribution >= 4 is 20.6 Å². The van der Waals surface area contributed by atoms with Crippen LogP contribution in [0.15, 0.2) is 36.4 Å². The highest BCUT2D eigenvalue weighted by Gasteiger charge is 2.45. The summed E-state index contributed by atoms with van der Waals surface area (Å²) in [5, 5.41) is 2.58. The fourth-order valence-electron chi connectivity index (χ4n) is 4.28. The average molecular weight is 344 g/mol. The number of nitrogens with zero attached hydrogens (tertiary/aromatic N) is 2. The van der Waals surface area contributed by atoms with E-state index in [1.807, 2.05) is 0 Å². The summed E-state index contributed by atoms with van der Waals surface area (Å²) in [6, 6.07) is 13.1. The van der Waals surface area contributed by atoms with Crippen LogP contribution in [0, 0.1) is 6.92 Å². The molecule has 0 aromatic heterocycles. The molecule has 2 aromatic rings. The second-order valence-corrected chi connectivity index (χ2v) is 9.40. The predicted octanol–water partition coefficient (Wildman–Crippen LogP) is 2.06. The Morgan fingerprint density at radius 1 is 1.00 bits per heavy atom. The molecule has 2 aromatic carbocycles. The number of hydrogen-bond acceptors (Lipinski definition) is 4. The average Bonchev–Trinajstić information content (AvgIpc) is 2.88. The van der Waals surface area contributed by atoms with Gasteiger partial charge in [-0.3, -0.25) is 9.80 Å². The van der Waals surface area contributed by atoms with Crippen molar-refractivity contribution in [2.24, 2.45) is 0 Å². The number of rotatable bonds is 2. The lowest BCUT2D eigenvalue weighted by molar-refractivity contribution is 0.0576. The van der Waals surface area contributed by atoms with Crippen LogP contribution in [-0.2, 0) is 16.4 Å². The minimum atomic E-state index is -2.92. The fourth-order valence-corrected chi connectivity index (χ4v) is 6.37. The Hall–Kier alpha value is -1.43. The molecule has 0 radical (unpaired) electrons. The zero-order valence-electron chi connectivity index (χ0n) is 14.3. The third-order valence-electron chi connectivity index (χ3n) is 5.67. The molecule has 4 rings (SSSR count). The van der Waals surface area contributed by atoms with E-state index in [0.29, 0.717) is 11.5 Å². The van der Waals surface area contributed by atoms with Gasteiger partial charge in [0.15, 0.2) is 9.84 Å². The highest BCUT2D eigenvalue weighted by molar-refractivity contribution is 7.91. The van der Waals surface area contributed by atoms with Crippen molar-refractivity contribution in [1.29, 1.82) is 0 Å². The number of piperazine rings is 1. The van der Waals surface area contributed by atoms with E-state index in [4.69, 9.17) is 0 Å². The van der Waals surface area contributed by atoms with Crippen molar-refractivity contribution < 1.29 is 8.42 Å². The highest BCUT2D eigenvalue weighted by atomic mass is 32.2. The summed E-state index contributed by atoms with van der Waals surface area (Å²) in [6.45, 7) is 4.82. The number of aryl methyl sites for hydroxylation is 1. The van der Waals surface area contributed by atoms with Crippen molar-refractivity contribution in [1.82, 2.24) is 9.80 Å². The molecule has 0 aliphatic carbocycles. The molecule has 24 heavy (non-hydrogen) atoms. The zero-order valence-corrected chi connectivity index (χ0v) is 15.1. The lowest BCUT2D eigenvalue weighted by atomic mass is 9.99. The zero-order chi connectivity index (χ0) is 16.9. The molecule has 2 heterocycles. The largest absolute Gasteiger partial charge is 0.300 e. The van der Waals surface area contributed by atoms with E-state index in [2.05, 4.69) is 60.2 Å². The maximum absolute atomic E-state index is 12.1. The van der Waals surface area contributed by atoms with Crippen LogP contribution in [0.2, 0.25) is 0 Å². The fraction of sp³-hybridized carbons (Fsp3) is 0.474. The van der Waals surface area contributed by atoms with Crippen LogP contribution in [-0.4, -0.2) is 61.9 Å². The summed E-state index contributed by atoms with van der Waals surface area (Å²) >= 11 is 0. The van der Waals surface area contributed by atoms with Crippen LogP contribution in [0.1, 0.15) is 11.1 Å². The smallest absolute Gasteiger partial charge is 0.153 e. The molecule has 2 aliphatic rings. The van der Waals surface area contributed by atoms with E-state index >= 15 is 0 Å². The molecule has 0 saturated carbocycles. The molecule has 2 aliphatic heterocycles. The number of likely N-dealkylation sites (N-methyl/N-ethyl adjacent to an activating group) is 1. The van der Waals surface area contributed by atoms with Crippen molar-refractivity contribution in [3.63, 3.8) is 0 Å². The monoisotopic (exact) mass is 344 g/mol. The summed E-state index contributed by atoms with van der Waals surface area (Å²) in [5.74, 6) is 0.602. The Bertz CT molecular complexity index is 878. The predicted molar refractivity (Wildman–Crippen MR) is 98.0 cm³/mol. The first-order chi connectivity index (χ1) is 11.4. The molecule has 0 bridgehead atoms. The molecule has 2 saturated heterocycles. The van der Waals surface area contributed by atoms with Crippen molar-refractivity contribution in [3.8, 4) is 0 Å². The van der Waals surface area contributed by atoms with Gasteiger partial charge in [-0.2, -0.15) is 0 Å². The molecule has 5 heteroatoms. The van der Waals surface area contributed by atoms with E-state index < -0.39 is 9.84 Å². The van der Waals surface area contributed by atoms with E-state index in [-0.39, 0.29) is 12.1 Å². The SMILES string of the molecule is Cc1cccc2c(CN3CCN(C)[C@H]4CS(=O)(=O)C[C@H]43)cccc12. The Kier molecular flexibility index (Phi) is 3.90. The van der Waals surface area contributed by atoms with Crippen LogP contribution in [0.4, 0.5) is 0 Å². The molecule has 2 atom stereocenters. The first kappa shape index (κ1) is 16.1. The molecular weight excluding hydrogens is 320 g/mol. The quantitative estimate of drug-likeness (QED) is 0.836. The molecule has 0 amide bonds. The Morgan fingerprint density at radius 2 is 1.71 bits per heavy atom. The molecule has 0 unspecified atom stereocenters. The summed E-state index contributed by atoms with van der Waals surface area (Å²) < 4.78 is 24.3. The molecule has 128 valence electrons. The van der Waals surface area contributed by atoms with Gasteiger partial charge in [0.25, 0.3) is 0 Å². The lowest BCUT2D eigenvalue weighted by Gasteiger charge is -2.42. The van der Waals surface area contributed by atoms with Gasteiger partial charge < -0.3 is 0 Å². The Labute approximate surface area is 144 Å². The van der Waals surface area contributed by atoms with Gasteiger partial charge in [0, 0.05) is 31.7 Å². The van der Waals surface area contributed by atoms with E-state index in [9.17, 15) is 8.42 Å². The summed E-state index contributed by atoms with van der Waals surface area (Å²) in [4.78, 5) is 4.60. The summed E-state index contributed by atoms with van der Waals surface area (Å²) in [7, 11) is -0.867. The standard InChI is InChI=1S/C19H24N2O2S/c1-14-5-3-8-17-15(6-4-7-16(14)17)11-21-10-9-20(2)18-12-24(22,23)13-19(18)21/h3-8,18-19H,9-13H2,1-2H3/t18-,19+/m0/s1. The van der Waals surface area contributed by atoms with Crippen LogP contribution >= 0.6 is 0 Å². The summed E-state index contributed by atoms with van der Waals surface area (Å²) in [5.41, 5.74) is 2.58. The Morgan fingerprint density at radius 3 is 2.54 bits per heavy atom. The number of benzene rings is 2. The second-order valence-electron chi connectivity index (χ2n) is 7.25. The van der Waals surface area contributed by atoms with Crippen LogP contribution in [0.5, 0.6) is 0 Å². The van der Waals surface area contributed by atoms with Crippen LogP contribution < -0.4 is 0 Å². The number of hydrogen-bond donors (Lipinski definition) is 0. The highest BCUT2D eigenvalue weighted by Crippen LogP contribution is 2.29. The second kappa shape index (κ2) is 5.83. The molecule has 2 fully saturated rings. The normalized spacial score (nSPS) is 27.4. The number of sulfone groups is 1. The minimum absolute atomic E-state index is 0.119. The maximum atomic E-state index is 12.1. The van der Waals surface area contributed by atoms with Crippen molar-refractivity contribution in [3.05, 3.63) is 47.5 Å². The number of fused-ring (bicyclic) bond motifs is 2.